The molecule has 1 heterocycles. The van der Waals surface area contributed by atoms with Gasteiger partial charge in [-0.2, -0.15) is 0 Å². The molecule has 0 saturated carbocycles. The van der Waals surface area contributed by atoms with Crippen LogP contribution in [0.3, 0.4) is 0 Å². The molecule has 0 aliphatic carbocycles. The van der Waals surface area contributed by atoms with Gasteiger partial charge >= 0.3 is 0 Å². The Kier molecular flexibility index (Phi) is 3.60. The van der Waals surface area contributed by atoms with Crippen LogP contribution in [0.25, 0.3) is 6.08 Å². The highest BCUT2D eigenvalue weighted by Gasteiger charge is 1.89. The second-order valence-electron chi connectivity index (χ2n) is 2.71. The van der Waals surface area contributed by atoms with E-state index >= 15 is 0 Å². The number of nitrogen functional groups attached to an aromatic ring is 1. The van der Waals surface area contributed by atoms with Crippen LogP contribution in [0.15, 0.2) is 18.5 Å². The van der Waals surface area contributed by atoms with Crippen molar-refractivity contribution in [3.05, 3.63) is 24.2 Å². The third-order valence-corrected chi connectivity index (χ3v) is 1.45. The summed E-state index contributed by atoms with van der Waals surface area (Å²) in [5.74, 6) is 0.335. The lowest BCUT2D eigenvalue weighted by Gasteiger charge is -1.95. The van der Waals surface area contributed by atoms with Crippen molar-refractivity contribution in [2.24, 2.45) is 0 Å². The van der Waals surface area contributed by atoms with E-state index in [-0.39, 0.29) is 5.91 Å². The smallest absolute Gasteiger partial charge is 0.217 e. The van der Waals surface area contributed by atoms with Gasteiger partial charge in [0.05, 0.1) is 18.1 Å². The van der Waals surface area contributed by atoms with Crippen LogP contribution in [0.5, 0.6) is 0 Å². The van der Waals surface area contributed by atoms with E-state index in [1.54, 1.807) is 18.3 Å². The van der Waals surface area contributed by atoms with Gasteiger partial charge in [0.1, 0.15) is 5.82 Å². The van der Waals surface area contributed by atoms with Gasteiger partial charge in [0.15, 0.2) is 0 Å². The minimum atomic E-state index is -0.0574. The molecule has 14 heavy (non-hydrogen) atoms. The molecule has 0 aliphatic rings. The highest BCUT2D eigenvalue weighted by molar-refractivity contribution is 5.73. The number of hydrogen-bond acceptors (Lipinski definition) is 4. The van der Waals surface area contributed by atoms with E-state index in [2.05, 4.69) is 15.3 Å². The number of hydrogen-bond donors (Lipinski definition) is 2. The molecule has 1 aromatic rings. The molecule has 3 N–H and O–H groups in total. The van der Waals surface area contributed by atoms with Gasteiger partial charge in [-0.15, -0.1) is 0 Å². The van der Waals surface area contributed by atoms with Crippen molar-refractivity contribution >= 4 is 17.8 Å². The van der Waals surface area contributed by atoms with Crippen molar-refractivity contribution in [1.29, 1.82) is 0 Å². The minimum absolute atomic E-state index is 0.0574. The maximum Gasteiger partial charge on any atom is 0.217 e. The Balaban J connectivity index is 2.44. The molecule has 5 nitrogen and oxygen atoms in total. The summed E-state index contributed by atoms with van der Waals surface area (Å²) in [6.07, 6.45) is 6.61. The lowest BCUT2D eigenvalue weighted by molar-refractivity contribution is -0.118. The maximum absolute atomic E-state index is 10.5. The van der Waals surface area contributed by atoms with Gasteiger partial charge < -0.3 is 11.1 Å². The van der Waals surface area contributed by atoms with Gasteiger partial charge in [0.2, 0.25) is 5.91 Å². The number of anilines is 1. The Morgan fingerprint density at radius 1 is 1.57 bits per heavy atom. The highest BCUT2D eigenvalue weighted by atomic mass is 16.1. The predicted molar refractivity (Wildman–Crippen MR) is 54.2 cm³/mol. The van der Waals surface area contributed by atoms with Gasteiger partial charge in [0, 0.05) is 13.5 Å². The summed E-state index contributed by atoms with van der Waals surface area (Å²) in [5, 5.41) is 2.63. The molecule has 74 valence electrons. The molecule has 1 aromatic heterocycles. The van der Waals surface area contributed by atoms with Crippen LogP contribution in [-0.4, -0.2) is 22.4 Å². The molecule has 0 radical (unpaired) electrons. The van der Waals surface area contributed by atoms with Crippen molar-refractivity contribution in [2.45, 2.75) is 6.92 Å². The zero-order valence-electron chi connectivity index (χ0n) is 7.90. The fourth-order valence-electron chi connectivity index (χ4n) is 0.816. The molecule has 5 heteroatoms. The molecule has 0 saturated heterocycles. The summed E-state index contributed by atoms with van der Waals surface area (Å²) in [4.78, 5) is 18.4. The Morgan fingerprint density at radius 2 is 2.36 bits per heavy atom. The summed E-state index contributed by atoms with van der Waals surface area (Å²) in [7, 11) is 0. The first-order valence-electron chi connectivity index (χ1n) is 4.17. The van der Waals surface area contributed by atoms with Crippen LogP contribution < -0.4 is 11.1 Å². The number of rotatable bonds is 3. The Bertz CT molecular complexity index is 331. The van der Waals surface area contributed by atoms with Gasteiger partial charge in [-0.3, -0.25) is 9.78 Å². The Hall–Kier alpha value is -1.91. The van der Waals surface area contributed by atoms with E-state index in [1.165, 1.54) is 13.1 Å². The van der Waals surface area contributed by atoms with Crippen LogP contribution >= 0.6 is 0 Å². The van der Waals surface area contributed by atoms with Gasteiger partial charge in [-0.1, -0.05) is 6.08 Å². The van der Waals surface area contributed by atoms with Crippen molar-refractivity contribution in [3.8, 4) is 0 Å². The number of carbonyl (C=O) groups excluding carboxylic acids is 1. The van der Waals surface area contributed by atoms with Crippen LogP contribution in [-0.2, 0) is 4.79 Å². The van der Waals surface area contributed by atoms with Crippen LogP contribution in [0.2, 0.25) is 0 Å². The van der Waals surface area contributed by atoms with E-state index in [0.717, 1.165) is 0 Å². The molecular weight excluding hydrogens is 180 g/mol. The fourth-order valence-corrected chi connectivity index (χ4v) is 0.816. The molecule has 0 spiro atoms. The van der Waals surface area contributed by atoms with E-state index < -0.39 is 0 Å². The largest absolute Gasteiger partial charge is 0.382 e. The highest BCUT2D eigenvalue weighted by Crippen LogP contribution is 1.97. The van der Waals surface area contributed by atoms with E-state index in [1.807, 2.05) is 0 Å². The fraction of sp³-hybridized carbons (Fsp3) is 0.222. The molecule has 0 atom stereocenters. The van der Waals surface area contributed by atoms with Crippen molar-refractivity contribution in [2.75, 3.05) is 12.3 Å². The molecule has 0 unspecified atom stereocenters. The number of nitrogens with zero attached hydrogens (tertiary/aromatic N) is 2. The van der Waals surface area contributed by atoms with Crippen LogP contribution in [0.4, 0.5) is 5.82 Å². The minimum Gasteiger partial charge on any atom is -0.382 e. The monoisotopic (exact) mass is 192 g/mol. The zero-order chi connectivity index (χ0) is 10.4. The first-order valence-corrected chi connectivity index (χ1v) is 4.17. The maximum atomic E-state index is 10.5. The van der Waals surface area contributed by atoms with Gasteiger partial charge in [0.25, 0.3) is 0 Å². The number of amides is 1. The Labute approximate surface area is 82.1 Å². The molecule has 0 aliphatic heterocycles. The number of nitrogens with one attached hydrogen (secondary N) is 1. The molecule has 0 bridgehead atoms. The SMILES string of the molecule is CC(=O)NCC=Cc1cnc(N)cn1. The average molecular weight is 192 g/mol. The molecule has 0 fully saturated rings. The number of nitrogens with two attached hydrogens (primary N) is 1. The predicted octanol–water partition coefficient (Wildman–Crippen LogP) is 0.208. The molecule has 1 amide bonds. The lowest BCUT2D eigenvalue weighted by Crippen LogP contribution is -2.19. The van der Waals surface area contributed by atoms with Crippen LogP contribution in [0.1, 0.15) is 12.6 Å². The molecule has 1 rings (SSSR count). The summed E-state index contributed by atoms with van der Waals surface area (Å²) < 4.78 is 0. The summed E-state index contributed by atoms with van der Waals surface area (Å²) >= 11 is 0. The lowest BCUT2D eigenvalue weighted by atomic mass is 10.4. The van der Waals surface area contributed by atoms with E-state index in [0.29, 0.717) is 18.1 Å². The molecular formula is C9H12N4O. The van der Waals surface area contributed by atoms with Gasteiger partial charge in [-0.25, -0.2) is 4.98 Å². The van der Waals surface area contributed by atoms with E-state index in [4.69, 9.17) is 5.73 Å². The standard InChI is InChI=1S/C9H12N4O/c1-7(14)11-4-2-3-8-5-13-9(10)6-12-8/h2-3,5-6H,4H2,1H3,(H2,10,13)(H,11,14). The molecule has 0 aromatic carbocycles. The number of carbonyl (C=O) groups is 1. The first kappa shape index (κ1) is 10.2. The topological polar surface area (TPSA) is 80.9 Å². The summed E-state index contributed by atoms with van der Waals surface area (Å²) in [5.41, 5.74) is 6.08. The third-order valence-electron chi connectivity index (χ3n) is 1.45. The third kappa shape index (κ3) is 3.66. The quantitative estimate of drug-likeness (QED) is 0.717. The van der Waals surface area contributed by atoms with Crippen molar-refractivity contribution in [3.63, 3.8) is 0 Å². The number of aromatic nitrogens is 2. The zero-order valence-corrected chi connectivity index (χ0v) is 7.90. The second-order valence-corrected chi connectivity index (χ2v) is 2.71. The summed E-state index contributed by atoms with van der Waals surface area (Å²) in [6, 6.07) is 0. The van der Waals surface area contributed by atoms with Gasteiger partial charge in [-0.05, 0) is 6.08 Å². The van der Waals surface area contributed by atoms with E-state index in [9.17, 15) is 4.79 Å². The Morgan fingerprint density at radius 3 is 2.93 bits per heavy atom. The van der Waals surface area contributed by atoms with Crippen molar-refractivity contribution in [1.82, 2.24) is 15.3 Å². The normalized spacial score (nSPS) is 10.4. The van der Waals surface area contributed by atoms with Crippen molar-refractivity contribution < 1.29 is 4.79 Å². The first-order chi connectivity index (χ1) is 6.68. The summed E-state index contributed by atoms with van der Waals surface area (Å²) in [6.45, 7) is 1.96. The van der Waals surface area contributed by atoms with Crippen LogP contribution in [0, 0.1) is 0 Å². The average Bonchev–Trinajstić information content (AvgIpc) is 2.15. The second kappa shape index (κ2) is 4.96.